The van der Waals surface area contributed by atoms with Crippen LogP contribution >= 0.6 is 0 Å². The number of carbonyl (C=O) groups is 1. The molecule has 25 heavy (non-hydrogen) atoms. The van der Waals surface area contributed by atoms with Gasteiger partial charge in [0.15, 0.2) is 6.10 Å². The average molecular weight is 343 g/mol. The van der Waals surface area contributed by atoms with Gasteiger partial charge in [-0.05, 0) is 47.9 Å². The van der Waals surface area contributed by atoms with Crippen LogP contribution in [0.3, 0.4) is 0 Å². The lowest BCUT2D eigenvalue weighted by Gasteiger charge is -2.32. The summed E-state index contributed by atoms with van der Waals surface area (Å²) < 4.78 is 0. The first-order valence-electron chi connectivity index (χ1n) is 8.59. The summed E-state index contributed by atoms with van der Waals surface area (Å²) >= 11 is 0. The summed E-state index contributed by atoms with van der Waals surface area (Å²) in [5.41, 5.74) is 4.51. The van der Waals surface area contributed by atoms with Crippen LogP contribution in [-0.4, -0.2) is 68.0 Å². The highest BCUT2D eigenvalue weighted by molar-refractivity contribution is 5.77. The standard InChI is InChI=1S/C18H21N3O4/c22-16(17(23)18(24)25)1-4-21-8-10-5-11(9-21)13-7-15-14(6-12(10)13)19-2-3-20-15/h2-3,6-7,10-11,16-17,22-23H,1,4-5,8-9H2,(H,24,25). The zero-order valence-electron chi connectivity index (χ0n) is 13.7. The Hall–Kier alpha value is -2.09. The highest BCUT2D eigenvalue weighted by Crippen LogP contribution is 2.46. The van der Waals surface area contributed by atoms with Crippen molar-refractivity contribution in [2.75, 3.05) is 19.6 Å². The molecule has 1 aromatic heterocycles. The van der Waals surface area contributed by atoms with E-state index >= 15 is 0 Å². The summed E-state index contributed by atoms with van der Waals surface area (Å²) in [5, 5.41) is 28.0. The Morgan fingerprint density at radius 1 is 1.12 bits per heavy atom. The Bertz CT molecular complexity index is 762. The Morgan fingerprint density at radius 3 is 2.20 bits per heavy atom. The maximum absolute atomic E-state index is 10.7. The lowest BCUT2D eigenvalue weighted by Crippen LogP contribution is -2.40. The predicted octanol–water partition coefficient (Wildman–Crippen LogP) is 0.713. The second-order valence-corrected chi connectivity index (χ2v) is 7.05. The molecule has 0 spiro atoms. The van der Waals surface area contributed by atoms with Gasteiger partial charge in [-0.1, -0.05) is 0 Å². The van der Waals surface area contributed by atoms with E-state index in [1.54, 1.807) is 12.4 Å². The number of hydrogen-bond acceptors (Lipinski definition) is 6. The SMILES string of the molecule is O=C(O)C(O)C(O)CCN1CC2CC(C1)c1cc3nccnc3cc12. The Labute approximate surface area is 144 Å². The monoisotopic (exact) mass is 343 g/mol. The number of fused-ring (bicyclic) bond motifs is 6. The van der Waals surface area contributed by atoms with E-state index in [0.717, 1.165) is 30.5 Å². The van der Waals surface area contributed by atoms with Gasteiger partial charge in [0, 0.05) is 32.0 Å². The Morgan fingerprint density at radius 2 is 1.68 bits per heavy atom. The number of aliphatic hydroxyl groups is 2. The number of nitrogens with zero attached hydrogens (tertiary/aromatic N) is 3. The number of hydrogen-bond donors (Lipinski definition) is 3. The maximum Gasteiger partial charge on any atom is 0.335 e. The number of benzene rings is 1. The first-order chi connectivity index (χ1) is 12.0. The van der Waals surface area contributed by atoms with Gasteiger partial charge >= 0.3 is 5.97 Å². The number of piperidine rings is 1. The van der Waals surface area contributed by atoms with Crippen molar-refractivity contribution in [3.05, 3.63) is 35.7 Å². The van der Waals surface area contributed by atoms with Gasteiger partial charge in [-0.25, -0.2) is 4.79 Å². The van der Waals surface area contributed by atoms with Crippen LogP contribution in [0.15, 0.2) is 24.5 Å². The fourth-order valence-electron chi connectivity index (χ4n) is 4.21. The summed E-state index contributed by atoms with van der Waals surface area (Å²) in [6.45, 7) is 2.33. The third-order valence-corrected chi connectivity index (χ3v) is 5.44. The molecule has 0 radical (unpaired) electrons. The number of aliphatic hydroxyl groups excluding tert-OH is 2. The lowest BCUT2D eigenvalue weighted by atomic mass is 9.95. The van der Waals surface area contributed by atoms with Crippen LogP contribution in [0.1, 0.15) is 35.8 Å². The van der Waals surface area contributed by atoms with E-state index in [9.17, 15) is 15.0 Å². The first-order valence-corrected chi connectivity index (χ1v) is 8.59. The van der Waals surface area contributed by atoms with E-state index in [2.05, 4.69) is 27.0 Å². The van der Waals surface area contributed by atoms with Crippen LogP contribution < -0.4 is 0 Å². The van der Waals surface area contributed by atoms with Gasteiger partial charge < -0.3 is 20.2 Å². The summed E-state index contributed by atoms with van der Waals surface area (Å²) in [6.07, 6.45) is 1.81. The van der Waals surface area contributed by atoms with Gasteiger partial charge in [0.2, 0.25) is 0 Å². The molecular weight excluding hydrogens is 322 g/mol. The number of rotatable bonds is 5. The Kier molecular flexibility index (Phi) is 4.15. The average Bonchev–Trinajstić information content (AvgIpc) is 2.87. The molecule has 2 aromatic rings. The number of aliphatic carboxylic acids is 1. The summed E-state index contributed by atoms with van der Waals surface area (Å²) in [5.74, 6) is -0.520. The molecule has 4 rings (SSSR count). The summed E-state index contributed by atoms with van der Waals surface area (Å²) in [6, 6.07) is 4.30. The van der Waals surface area contributed by atoms with E-state index in [1.807, 2.05) is 0 Å². The number of likely N-dealkylation sites (tertiary alicyclic amines) is 1. The fourth-order valence-corrected chi connectivity index (χ4v) is 4.21. The molecule has 1 aliphatic heterocycles. The molecule has 3 N–H and O–H groups in total. The minimum absolute atomic E-state index is 0.244. The van der Waals surface area contributed by atoms with Gasteiger partial charge in [-0.15, -0.1) is 0 Å². The normalized spacial score (nSPS) is 24.9. The Balaban J connectivity index is 1.47. The zero-order valence-corrected chi connectivity index (χ0v) is 13.7. The summed E-state index contributed by atoms with van der Waals surface area (Å²) in [4.78, 5) is 21.8. The highest BCUT2D eigenvalue weighted by Gasteiger charge is 2.38. The molecule has 0 saturated carbocycles. The van der Waals surface area contributed by atoms with Crippen molar-refractivity contribution in [3.8, 4) is 0 Å². The van der Waals surface area contributed by atoms with E-state index in [0.29, 0.717) is 18.4 Å². The van der Waals surface area contributed by atoms with Crippen molar-refractivity contribution < 1.29 is 20.1 Å². The van der Waals surface area contributed by atoms with E-state index in [-0.39, 0.29) is 6.42 Å². The molecule has 0 amide bonds. The van der Waals surface area contributed by atoms with Crippen molar-refractivity contribution >= 4 is 17.0 Å². The van der Waals surface area contributed by atoms with Crippen molar-refractivity contribution in [2.45, 2.75) is 36.9 Å². The van der Waals surface area contributed by atoms with Gasteiger partial charge in [0.25, 0.3) is 0 Å². The van der Waals surface area contributed by atoms with Crippen LogP contribution in [0, 0.1) is 0 Å². The smallest absolute Gasteiger partial charge is 0.335 e. The highest BCUT2D eigenvalue weighted by atomic mass is 16.4. The van der Waals surface area contributed by atoms with E-state index < -0.39 is 18.2 Å². The molecule has 2 heterocycles. The molecule has 132 valence electrons. The third kappa shape index (κ3) is 2.99. The van der Waals surface area contributed by atoms with Crippen molar-refractivity contribution in [3.63, 3.8) is 0 Å². The van der Waals surface area contributed by atoms with Crippen molar-refractivity contribution in [1.82, 2.24) is 14.9 Å². The minimum Gasteiger partial charge on any atom is -0.479 e. The zero-order chi connectivity index (χ0) is 17.6. The molecule has 7 heteroatoms. The lowest BCUT2D eigenvalue weighted by molar-refractivity contribution is -0.153. The first kappa shape index (κ1) is 16.4. The largest absolute Gasteiger partial charge is 0.479 e. The van der Waals surface area contributed by atoms with Crippen LogP contribution in [-0.2, 0) is 4.79 Å². The van der Waals surface area contributed by atoms with Crippen molar-refractivity contribution in [2.24, 2.45) is 0 Å². The third-order valence-electron chi connectivity index (χ3n) is 5.44. The second-order valence-electron chi connectivity index (χ2n) is 7.05. The van der Waals surface area contributed by atoms with Crippen LogP contribution in [0.2, 0.25) is 0 Å². The molecule has 4 atom stereocenters. The predicted molar refractivity (Wildman–Crippen MR) is 90.3 cm³/mol. The van der Waals surface area contributed by atoms with Crippen molar-refractivity contribution in [1.29, 1.82) is 0 Å². The maximum atomic E-state index is 10.7. The van der Waals surface area contributed by atoms with Crippen LogP contribution in [0.4, 0.5) is 0 Å². The number of aromatic nitrogens is 2. The molecular formula is C18H21N3O4. The van der Waals surface area contributed by atoms with Crippen LogP contribution in [0.25, 0.3) is 11.0 Å². The molecule has 2 bridgehead atoms. The number of carboxylic acids is 1. The van der Waals surface area contributed by atoms with Gasteiger partial charge in [-0.2, -0.15) is 0 Å². The van der Waals surface area contributed by atoms with Gasteiger partial charge in [-0.3, -0.25) is 9.97 Å². The quantitative estimate of drug-likeness (QED) is 0.734. The molecule has 1 fully saturated rings. The molecule has 1 aliphatic carbocycles. The van der Waals surface area contributed by atoms with Gasteiger partial charge in [0.1, 0.15) is 0 Å². The molecule has 1 aromatic carbocycles. The summed E-state index contributed by atoms with van der Waals surface area (Å²) in [7, 11) is 0. The van der Waals surface area contributed by atoms with E-state index in [1.165, 1.54) is 11.1 Å². The number of carboxylic acid groups (broad SMARTS) is 1. The molecule has 2 aliphatic rings. The minimum atomic E-state index is -1.72. The topological polar surface area (TPSA) is 107 Å². The second kappa shape index (κ2) is 6.33. The molecule has 4 unspecified atom stereocenters. The fraction of sp³-hybridized carbons (Fsp3) is 0.500. The molecule has 1 saturated heterocycles. The van der Waals surface area contributed by atoms with Gasteiger partial charge in [0.05, 0.1) is 17.1 Å². The molecule has 7 nitrogen and oxygen atoms in total. The van der Waals surface area contributed by atoms with Crippen LogP contribution in [0.5, 0.6) is 0 Å². The van der Waals surface area contributed by atoms with E-state index in [4.69, 9.17) is 5.11 Å².